The molecule has 0 bridgehead atoms. The molecule has 0 aliphatic carbocycles. The van der Waals surface area contributed by atoms with E-state index in [1.807, 2.05) is 18.4 Å². The summed E-state index contributed by atoms with van der Waals surface area (Å²) in [5.41, 5.74) is 1.19. The fourth-order valence-electron chi connectivity index (χ4n) is 1.67. The van der Waals surface area contributed by atoms with Crippen LogP contribution in [0.2, 0.25) is 0 Å². The Morgan fingerprint density at radius 1 is 1.57 bits per heavy atom. The van der Waals surface area contributed by atoms with Gasteiger partial charge >= 0.3 is 0 Å². The van der Waals surface area contributed by atoms with Crippen molar-refractivity contribution in [2.75, 3.05) is 12.8 Å². The van der Waals surface area contributed by atoms with E-state index in [0.29, 0.717) is 5.25 Å². The lowest BCUT2D eigenvalue weighted by molar-refractivity contribution is 0.680. The van der Waals surface area contributed by atoms with Gasteiger partial charge in [-0.2, -0.15) is 11.8 Å². The summed E-state index contributed by atoms with van der Waals surface area (Å²) in [6.07, 6.45) is 4.08. The third-order valence-corrected chi connectivity index (χ3v) is 4.92. The van der Waals surface area contributed by atoms with Gasteiger partial charge in [0.25, 0.3) is 0 Å². The normalized spacial score (nSPS) is 22.5. The van der Waals surface area contributed by atoms with Gasteiger partial charge in [-0.05, 0) is 25.6 Å². The summed E-state index contributed by atoms with van der Waals surface area (Å²) in [5, 5.41) is 7.33. The summed E-state index contributed by atoms with van der Waals surface area (Å²) in [6.45, 7) is 0.897. The van der Waals surface area contributed by atoms with Gasteiger partial charge in [0.1, 0.15) is 5.01 Å². The van der Waals surface area contributed by atoms with Crippen molar-refractivity contribution < 1.29 is 0 Å². The second-order valence-electron chi connectivity index (χ2n) is 3.56. The number of nitrogens with zero attached hydrogens (tertiary/aromatic N) is 1. The number of thiazole rings is 1. The number of thioether (sulfide) groups is 1. The molecule has 1 aromatic heterocycles. The topological polar surface area (TPSA) is 24.9 Å². The van der Waals surface area contributed by atoms with Crippen LogP contribution in [0.25, 0.3) is 0 Å². The van der Waals surface area contributed by atoms with Crippen LogP contribution in [0.5, 0.6) is 0 Å². The van der Waals surface area contributed by atoms with Crippen molar-refractivity contribution >= 4 is 23.1 Å². The molecule has 0 aromatic carbocycles. The van der Waals surface area contributed by atoms with Crippen LogP contribution < -0.4 is 5.32 Å². The SMILES string of the molecule is CNCc1csc(C2CCCCS2)n1. The Labute approximate surface area is 93.5 Å². The minimum Gasteiger partial charge on any atom is -0.314 e. The second kappa shape index (κ2) is 5.14. The lowest BCUT2D eigenvalue weighted by Crippen LogP contribution is -2.06. The van der Waals surface area contributed by atoms with E-state index < -0.39 is 0 Å². The van der Waals surface area contributed by atoms with E-state index in [1.54, 1.807) is 0 Å². The molecule has 1 N–H and O–H groups in total. The molecule has 2 heterocycles. The summed E-state index contributed by atoms with van der Waals surface area (Å²) >= 11 is 3.90. The van der Waals surface area contributed by atoms with Gasteiger partial charge in [-0.3, -0.25) is 0 Å². The number of nitrogens with one attached hydrogen (secondary N) is 1. The zero-order valence-electron chi connectivity index (χ0n) is 8.45. The Balaban J connectivity index is 2.00. The molecule has 1 aromatic rings. The molecule has 0 radical (unpaired) electrons. The molecule has 2 nitrogen and oxygen atoms in total. The molecule has 1 atom stereocenters. The zero-order chi connectivity index (χ0) is 9.80. The predicted octanol–water partition coefficient (Wildman–Crippen LogP) is 2.82. The number of rotatable bonds is 3. The van der Waals surface area contributed by atoms with Crippen LogP contribution in [0.4, 0.5) is 0 Å². The van der Waals surface area contributed by atoms with Crippen LogP contribution in [0.3, 0.4) is 0 Å². The van der Waals surface area contributed by atoms with Gasteiger partial charge in [-0.15, -0.1) is 11.3 Å². The summed E-state index contributed by atoms with van der Waals surface area (Å²) < 4.78 is 0. The lowest BCUT2D eigenvalue weighted by Gasteiger charge is -2.18. The van der Waals surface area contributed by atoms with Crippen molar-refractivity contribution in [3.05, 3.63) is 16.1 Å². The monoisotopic (exact) mass is 228 g/mol. The molecule has 2 rings (SSSR count). The van der Waals surface area contributed by atoms with Crippen molar-refractivity contribution in [3.8, 4) is 0 Å². The van der Waals surface area contributed by atoms with Crippen LogP contribution in [0.15, 0.2) is 5.38 Å². The zero-order valence-corrected chi connectivity index (χ0v) is 10.1. The molecule has 1 unspecified atom stereocenters. The molecule has 0 saturated carbocycles. The number of aromatic nitrogens is 1. The average Bonchev–Trinajstić information content (AvgIpc) is 2.68. The van der Waals surface area contributed by atoms with E-state index in [0.717, 1.165) is 6.54 Å². The molecule has 0 spiro atoms. The summed E-state index contributed by atoms with van der Waals surface area (Å²) in [5.74, 6) is 1.31. The highest BCUT2D eigenvalue weighted by Crippen LogP contribution is 2.39. The Kier molecular flexibility index (Phi) is 3.84. The third kappa shape index (κ3) is 2.49. The molecular formula is C10H16N2S2. The van der Waals surface area contributed by atoms with E-state index in [2.05, 4.69) is 27.4 Å². The van der Waals surface area contributed by atoms with Gasteiger partial charge in [0.15, 0.2) is 0 Å². The Bertz CT molecular complexity index is 279. The van der Waals surface area contributed by atoms with E-state index >= 15 is 0 Å². The van der Waals surface area contributed by atoms with Crippen molar-refractivity contribution in [2.24, 2.45) is 0 Å². The van der Waals surface area contributed by atoms with Crippen molar-refractivity contribution in [1.82, 2.24) is 10.3 Å². The van der Waals surface area contributed by atoms with E-state index in [-0.39, 0.29) is 0 Å². The van der Waals surface area contributed by atoms with Crippen molar-refractivity contribution in [3.63, 3.8) is 0 Å². The first kappa shape index (κ1) is 10.5. The molecule has 1 fully saturated rings. The van der Waals surface area contributed by atoms with Crippen molar-refractivity contribution in [1.29, 1.82) is 0 Å². The van der Waals surface area contributed by atoms with Crippen LogP contribution >= 0.6 is 23.1 Å². The molecule has 0 amide bonds. The van der Waals surface area contributed by atoms with E-state index in [1.165, 1.54) is 35.7 Å². The first-order chi connectivity index (χ1) is 6.90. The Morgan fingerprint density at radius 3 is 3.21 bits per heavy atom. The maximum atomic E-state index is 4.66. The second-order valence-corrected chi connectivity index (χ2v) is 5.76. The van der Waals surface area contributed by atoms with Crippen molar-refractivity contribution in [2.45, 2.75) is 31.1 Å². The fourth-order valence-corrected chi connectivity index (χ4v) is 4.06. The maximum absolute atomic E-state index is 4.66. The van der Waals surface area contributed by atoms with Crippen LogP contribution in [0, 0.1) is 0 Å². The Hall–Kier alpha value is -0.0600. The highest BCUT2D eigenvalue weighted by atomic mass is 32.2. The minimum atomic E-state index is 0.680. The first-order valence-electron chi connectivity index (χ1n) is 5.10. The lowest BCUT2D eigenvalue weighted by atomic mass is 10.2. The average molecular weight is 228 g/mol. The molecule has 1 aliphatic heterocycles. The molecule has 1 saturated heterocycles. The van der Waals surface area contributed by atoms with Gasteiger partial charge < -0.3 is 5.32 Å². The van der Waals surface area contributed by atoms with Gasteiger partial charge in [-0.25, -0.2) is 4.98 Å². The minimum absolute atomic E-state index is 0.680. The molecule has 78 valence electrons. The molecular weight excluding hydrogens is 212 g/mol. The maximum Gasteiger partial charge on any atom is 0.106 e. The van der Waals surface area contributed by atoms with Gasteiger partial charge in [0.05, 0.1) is 10.9 Å². The van der Waals surface area contributed by atoms with Gasteiger partial charge in [-0.1, -0.05) is 6.42 Å². The molecule has 1 aliphatic rings. The van der Waals surface area contributed by atoms with Gasteiger partial charge in [0.2, 0.25) is 0 Å². The highest BCUT2D eigenvalue weighted by molar-refractivity contribution is 7.99. The third-order valence-electron chi connectivity index (χ3n) is 2.38. The fraction of sp³-hybridized carbons (Fsp3) is 0.700. The summed E-state index contributed by atoms with van der Waals surface area (Å²) in [4.78, 5) is 4.66. The standard InChI is InChI=1S/C10H16N2S2/c1-11-6-8-7-14-10(12-8)9-4-2-3-5-13-9/h7,9,11H,2-6H2,1H3. The highest BCUT2D eigenvalue weighted by Gasteiger charge is 2.18. The summed E-state index contributed by atoms with van der Waals surface area (Å²) in [7, 11) is 1.97. The summed E-state index contributed by atoms with van der Waals surface area (Å²) in [6, 6.07) is 0. The van der Waals surface area contributed by atoms with E-state index in [4.69, 9.17) is 0 Å². The van der Waals surface area contributed by atoms with E-state index in [9.17, 15) is 0 Å². The van der Waals surface area contributed by atoms with Crippen LogP contribution in [-0.2, 0) is 6.54 Å². The van der Waals surface area contributed by atoms with Crippen LogP contribution in [0.1, 0.15) is 35.2 Å². The quantitative estimate of drug-likeness (QED) is 0.861. The smallest absolute Gasteiger partial charge is 0.106 e. The van der Waals surface area contributed by atoms with Crippen LogP contribution in [-0.4, -0.2) is 17.8 Å². The number of hydrogen-bond donors (Lipinski definition) is 1. The Morgan fingerprint density at radius 2 is 2.50 bits per heavy atom. The largest absolute Gasteiger partial charge is 0.314 e. The number of hydrogen-bond acceptors (Lipinski definition) is 4. The van der Waals surface area contributed by atoms with Gasteiger partial charge in [0, 0.05) is 11.9 Å². The molecule has 4 heteroatoms. The first-order valence-corrected chi connectivity index (χ1v) is 7.03. The molecule has 14 heavy (non-hydrogen) atoms. The predicted molar refractivity (Wildman–Crippen MR) is 63.9 cm³/mol.